The van der Waals surface area contributed by atoms with E-state index < -0.39 is 22.0 Å². The Hall–Kier alpha value is -1.11. The van der Waals surface area contributed by atoms with Crippen LogP contribution in [0, 0.1) is 6.92 Å². The van der Waals surface area contributed by atoms with Gasteiger partial charge in [-0.3, -0.25) is 4.79 Å². The molecule has 0 fully saturated rings. The molecule has 0 saturated heterocycles. The minimum Gasteiger partial charge on any atom is -0.480 e. The number of aliphatic carboxylic acids is 1. The number of carbonyl (C=O) groups is 1. The van der Waals surface area contributed by atoms with Gasteiger partial charge >= 0.3 is 5.97 Å². The second-order valence-electron chi connectivity index (χ2n) is 4.59. The molecule has 1 aromatic carbocycles. The van der Waals surface area contributed by atoms with Gasteiger partial charge in [0.05, 0.1) is 5.02 Å². The number of rotatable bonds is 7. The molecule has 0 aliphatic rings. The van der Waals surface area contributed by atoms with Crippen LogP contribution in [0.1, 0.15) is 31.7 Å². The van der Waals surface area contributed by atoms with E-state index in [1.165, 1.54) is 12.1 Å². The van der Waals surface area contributed by atoms with Crippen molar-refractivity contribution in [1.29, 1.82) is 0 Å². The Kier molecular flexibility index (Phi) is 5.98. The maximum atomic E-state index is 12.2. The Labute approximate surface area is 124 Å². The lowest BCUT2D eigenvalue weighted by Crippen LogP contribution is -2.40. The van der Waals surface area contributed by atoms with Gasteiger partial charge in [-0.2, -0.15) is 4.72 Å². The van der Waals surface area contributed by atoms with Crippen molar-refractivity contribution in [2.24, 2.45) is 0 Å². The zero-order valence-electron chi connectivity index (χ0n) is 11.4. The first-order valence-corrected chi connectivity index (χ1v) is 8.15. The van der Waals surface area contributed by atoms with Crippen LogP contribution >= 0.6 is 11.6 Å². The van der Waals surface area contributed by atoms with E-state index in [0.29, 0.717) is 6.42 Å². The maximum Gasteiger partial charge on any atom is 0.321 e. The van der Waals surface area contributed by atoms with Crippen LogP contribution in [0.3, 0.4) is 0 Å². The van der Waals surface area contributed by atoms with Crippen molar-refractivity contribution in [3.05, 3.63) is 28.8 Å². The number of hydrogen-bond donors (Lipinski definition) is 2. The van der Waals surface area contributed by atoms with E-state index in [1.807, 2.05) is 6.92 Å². The molecule has 0 saturated carbocycles. The van der Waals surface area contributed by atoms with Crippen LogP contribution in [-0.4, -0.2) is 25.5 Å². The van der Waals surface area contributed by atoms with Crippen molar-refractivity contribution in [3.63, 3.8) is 0 Å². The molecule has 112 valence electrons. The molecule has 20 heavy (non-hydrogen) atoms. The summed E-state index contributed by atoms with van der Waals surface area (Å²) >= 11 is 5.88. The predicted molar refractivity (Wildman–Crippen MR) is 77.5 cm³/mol. The monoisotopic (exact) mass is 319 g/mol. The van der Waals surface area contributed by atoms with Gasteiger partial charge < -0.3 is 5.11 Å². The van der Waals surface area contributed by atoms with Crippen molar-refractivity contribution >= 4 is 27.6 Å². The fraction of sp³-hybridized carbons (Fsp3) is 0.462. The molecule has 0 spiro atoms. The molecule has 1 aromatic rings. The molecule has 0 aliphatic heterocycles. The highest BCUT2D eigenvalue weighted by atomic mass is 35.5. The van der Waals surface area contributed by atoms with Gasteiger partial charge in [0, 0.05) is 0 Å². The molecule has 0 heterocycles. The number of hydrogen-bond acceptors (Lipinski definition) is 3. The fourth-order valence-corrected chi connectivity index (χ4v) is 3.52. The molecule has 5 nitrogen and oxygen atoms in total. The second-order valence-corrected chi connectivity index (χ2v) is 6.68. The Morgan fingerprint density at radius 3 is 2.65 bits per heavy atom. The SMILES string of the molecule is CCCCC(NS(=O)(=O)c1cc(C)ccc1Cl)C(=O)O. The van der Waals surface area contributed by atoms with E-state index in [0.717, 1.165) is 12.0 Å². The van der Waals surface area contributed by atoms with Crippen molar-refractivity contribution in [2.75, 3.05) is 0 Å². The molecule has 0 aromatic heterocycles. The Balaban J connectivity index is 3.03. The third-order valence-electron chi connectivity index (χ3n) is 2.82. The fourth-order valence-electron chi connectivity index (χ4n) is 1.71. The first-order chi connectivity index (χ1) is 9.27. The molecule has 0 bridgehead atoms. The van der Waals surface area contributed by atoms with Gasteiger partial charge in [0.2, 0.25) is 10.0 Å². The van der Waals surface area contributed by atoms with Gasteiger partial charge in [-0.15, -0.1) is 0 Å². The number of carboxylic acids is 1. The van der Waals surface area contributed by atoms with Crippen molar-refractivity contribution < 1.29 is 18.3 Å². The highest BCUT2D eigenvalue weighted by Gasteiger charge is 2.26. The normalized spacial score (nSPS) is 13.2. The quantitative estimate of drug-likeness (QED) is 0.809. The standard InChI is InChI=1S/C13H18ClNO4S/c1-3-4-5-11(13(16)17)15-20(18,19)12-8-9(2)6-7-10(12)14/h6-8,11,15H,3-5H2,1-2H3,(H,16,17). The summed E-state index contributed by atoms with van der Waals surface area (Å²) in [5, 5.41) is 9.15. The van der Waals surface area contributed by atoms with Crippen molar-refractivity contribution in [2.45, 2.75) is 44.0 Å². The van der Waals surface area contributed by atoms with Crippen LogP contribution < -0.4 is 4.72 Å². The average molecular weight is 320 g/mol. The highest BCUT2D eigenvalue weighted by Crippen LogP contribution is 2.22. The summed E-state index contributed by atoms with van der Waals surface area (Å²) in [6, 6.07) is 3.44. The summed E-state index contributed by atoms with van der Waals surface area (Å²) in [5.41, 5.74) is 0.732. The van der Waals surface area contributed by atoms with Crippen LogP contribution in [0.5, 0.6) is 0 Å². The first-order valence-electron chi connectivity index (χ1n) is 6.29. The number of sulfonamides is 1. The molecule has 0 aliphatic carbocycles. The lowest BCUT2D eigenvalue weighted by Gasteiger charge is -2.15. The lowest BCUT2D eigenvalue weighted by atomic mass is 10.1. The lowest BCUT2D eigenvalue weighted by molar-refractivity contribution is -0.139. The third-order valence-corrected chi connectivity index (χ3v) is 4.77. The van der Waals surface area contributed by atoms with E-state index in [1.54, 1.807) is 13.0 Å². The Morgan fingerprint density at radius 1 is 1.45 bits per heavy atom. The Bertz CT molecular complexity index is 586. The van der Waals surface area contributed by atoms with Gasteiger partial charge in [-0.05, 0) is 31.0 Å². The van der Waals surface area contributed by atoms with Gasteiger partial charge in [-0.1, -0.05) is 37.4 Å². The van der Waals surface area contributed by atoms with Crippen molar-refractivity contribution in [1.82, 2.24) is 4.72 Å². The molecule has 1 unspecified atom stereocenters. The summed E-state index contributed by atoms with van der Waals surface area (Å²) in [5.74, 6) is -1.19. The first kappa shape index (κ1) is 16.9. The molecule has 0 radical (unpaired) electrons. The second kappa shape index (κ2) is 7.06. The third kappa shape index (κ3) is 4.47. The summed E-state index contributed by atoms with van der Waals surface area (Å²) in [6.45, 7) is 3.64. The molecule has 2 N–H and O–H groups in total. The zero-order valence-corrected chi connectivity index (χ0v) is 13.0. The zero-order chi connectivity index (χ0) is 15.3. The largest absolute Gasteiger partial charge is 0.480 e. The maximum absolute atomic E-state index is 12.2. The smallest absolute Gasteiger partial charge is 0.321 e. The minimum atomic E-state index is -3.95. The molecule has 1 atom stereocenters. The van der Waals surface area contributed by atoms with E-state index in [9.17, 15) is 13.2 Å². The Morgan fingerprint density at radius 2 is 2.10 bits per heavy atom. The molecule has 0 amide bonds. The predicted octanol–water partition coefficient (Wildman–Crippen LogP) is 2.57. The number of benzene rings is 1. The van der Waals surface area contributed by atoms with Crippen LogP contribution in [0.15, 0.2) is 23.1 Å². The van der Waals surface area contributed by atoms with Gasteiger partial charge in [0.25, 0.3) is 0 Å². The molecule has 7 heteroatoms. The van der Waals surface area contributed by atoms with Crippen molar-refractivity contribution in [3.8, 4) is 0 Å². The van der Waals surface area contributed by atoms with E-state index in [2.05, 4.69) is 4.72 Å². The van der Waals surface area contributed by atoms with E-state index in [4.69, 9.17) is 16.7 Å². The van der Waals surface area contributed by atoms with E-state index in [-0.39, 0.29) is 16.3 Å². The van der Waals surface area contributed by atoms with Gasteiger partial charge in [0.1, 0.15) is 10.9 Å². The average Bonchev–Trinajstić information content (AvgIpc) is 2.36. The van der Waals surface area contributed by atoms with Crippen LogP contribution in [0.25, 0.3) is 0 Å². The summed E-state index contributed by atoms with van der Waals surface area (Å²) in [4.78, 5) is 11.0. The summed E-state index contributed by atoms with van der Waals surface area (Å²) in [7, 11) is -3.95. The van der Waals surface area contributed by atoms with Gasteiger partial charge in [-0.25, -0.2) is 8.42 Å². The van der Waals surface area contributed by atoms with E-state index >= 15 is 0 Å². The van der Waals surface area contributed by atoms with Gasteiger partial charge in [0.15, 0.2) is 0 Å². The summed E-state index contributed by atoms with van der Waals surface area (Å²) in [6.07, 6.45) is 1.66. The molecule has 1 rings (SSSR count). The van der Waals surface area contributed by atoms with Crippen LogP contribution in [-0.2, 0) is 14.8 Å². The molecular formula is C13H18ClNO4S. The highest BCUT2D eigenvalue weighted by molar-refractivity contribution is 7.89. The number of nitrogens with one attached hydrogen (secondary N) is 1. The molecular weight excluding hydrogens is 302 g/mol. The summed E-state index contributed by atoms with van der Waals surface area (Å²) < 4.78 is 26.6. The topological polar surface area (TPSA) is 83.5 Å². The minimum absolute atomic E-state index is 0.0720. The number of aryl methyl sites for hydroxylation is 1. The number of carboxylic acid groups (broad SMARTS) is 1. The number of unbranched alkanes of at least 4 members (excludes halogenated alkanes) is 1. The van der Waals surface area contributed by atoms with Crippen LogP contribution in [0.4, 0.5) is 0 Å². The number of halogens is 1. The van der Waals surface area contributed by atoms with Crippen LogP contribution in [0.2, 0.25) is 5.02 Å².